The largest absolute Gasteiger partial charge is 0.478 e. The van der Waals surface area contributed by atoms with Crippen molar-refractivity contribution >= 4 is 5.97 Å². The highest BCUT2D eigenvalue weighted by Gasteiger charge is 2.25. The molecule has 4 rings (SSSR count). The van der Waals surface area contributed by atoms with Gasteiger partial charge in [-0.05, 0) is 34.9 Å². The van der Waals surface area contributed by atoms with E-state index in [2.05, 4.69) is 5.10 Å². The summed E-state index contributed by atoms with van der Waals surface area (Å²) in [6.45, 7) is 6.48. The van der Waals surface area contributed by atoms with E-state index in [1.54, 1.807) is 22.8 Å². The van der Waals surface area contributed by atoms with Gasteiger partial charge in [-0.25, -0.2) is 9.59 Å². The van der Waals surface area contributed by atoms with Gasteiger partial charge >= 0.3 is 11.7 Å². The van der Waals surface area contributed by atoms with Crippen molar-refractivity contribution in [3.8, 4) is 16.8 Å². The second-order valence-electron chi connectivity index (χ2n) is 8.74. The highest BCUT2D eigenvalue weighted by molar-refractivity contribution is 5.95. The van der Waals surface area contributed by atoms with Gasteiger partial charge in [0.1, 0.15) is 5.82 Å². The van der Waals surface area contributed by atoms with Crippen molar-refractivity contribution in [1.82, 2.24) is 14.3 Å². The van der Waals surface area contributed by atoms with Crippen molar-refractivity contribution in [1.29, 1.82) is 0 Å². The van der Waals surface area contributed by atoms with Crippen LogP contribution in [-0.4, -0.2) is 25.4 Å². The SMILES string of the molecule is CC(C)(C)c1nn(-c2ccccc2)c(=O)n1Cc1ccc(-c2ccccc2C(=O)O)cc1. The Morgan fingerprint density at radius 2 is 1.53 bits per heavy atom. The second kappa shape index (κ2) is 8.30. The fourth-order valence-corrected chi connectivity index (χ4v) is 3.72. The van der Waals surface area contributed by atoms with Crippen molar-refractivity contribution in [2.24, 2.45) is 0 Å². The zero-order valence-corrected chi connectivity index (χ0v) is 18.3. The number of nitrogens with zero attached hydrogens (tertiary/aromatic N) is 3. The molecule has 0 saturated carbocycles. The third-order valence-electron chi connectivity index (χ3n) is 5.30. The zero-order valence-electron chi connectivity index (χ0n) is 18.3. The van der Waals surface area contributed by atoms with Gasteiger partial charge in [-0.3, -0.25) is 4.57 Å². The molecule has 3 aromatic carbocycles. The fourth-order valence-electron chi connectivity index (χ4n) is 3.72. The lowest BCUT2D eigenvalue weighted by atomic mass is 9.95. The van der Waals surface area contributed by atoms with Crippen molar-refractivity contribution in [3.05, 3.63) is 106 Å². The predicted molar refractivity (Wildman–Crippen MR) is 124 cm³/mol. The molecule has 0 aliphatic rings. The lowest BCUT2D eigenvalue weighted by molar-refractivity contribution is 0.0697. The van der Waals surface area contributed by atoms with Gasteiger partial charge in [-0.15, -0.1) is 5.10 Å². The molecule has 4 aromatic rings. The first-order valence-corrected chi connectivity index (χ1v) is 10.4. The third-order valence-corrected chi connectivity index (χ3v) is 5.30. The number of carboxylic acids is 1. The molecule has 0 aliphatic heterocycles. The summed E-state index contributed by atoms with van der Waals surface area (Å²) >= 11 is 0. The summed E-state index contributed by atoms with van der Waals surface area (Å²) in [5.41, 5.74) is 2.88. The number of carboxylic acid groups (broad SMARTS) is 1. The summed E-state index contributed by atoms with van der Waals surface area (Å²) in [7, 11) is 0. The van der Waals surface area contributed by atoms with E-state index in [9.17, 15) is 14.7 Å². The van der Waals surface area contributed by atoms with E-state index >= 15 is 0 Å². The lowest BCUT2D eigenvalue weighted by Gasteiger charge is -2.18. The normalized spacial score (nSPS) is 11.5. The average molecular weight is 428 g/mol. The fraction of sp³-hybridized carbons (Fsp3) is 0.192. The molecule has 0 atom stereocenters. The number of carbonyl (C=O) groups is 1. The summed E-state index contributed by atoms with van der Waals surface area (Å²) in [5, 5.41) is 14.1. The molecule has 162 valence electrons. The standard InChI is InChI=1S/C26H25N3O3/c1-26(2,3)24-27-29(20-9-5-4-6-10-20)25(32)28(24)17-18-13-15-19(16-14-18)21-11-7-8-12-22(21)23(30)31/h4-16H,17H2,1-3H3,(H,30,31). The van der Waals surface area contributed by atoms with E-state index in [0.29, 0.717) is 17.9 Å². The van der Waals surface area contributed by atoms with Crippen LogP contribution in [0.1, 0.15) is 42.5 Å². The van der Waals surface area contributed by atoms with Gasteiger partial charge in [0.05, 0.1) is 17.8 Å². The van der Waals surface area contributed by atoms with E-state index in [4.69, 9.17) is 0 Å². The summed E-state index contributed by atoms with van der Waals surface area (Å²) in [6, 6.07) is 23.9. The topological polar surface area (TPSA) is 77.1 Å². The van der Waals surface area contributed by atoms with E-state index < -0.39 is 5.97 Å². The first-order valence-electron chi connectivity index (χ1n) is 10.4. The number of para-hydroxylation sites is 1. The van der Waals surface area contributed by atoms with Gasteiger partial charge in [-0.1, -0.05) is 81.4 Å². The zero-order chi connectivity index (χ0) is 22.9. The smallest absolute Gasteiger partial charge is 0.351 e. The lowest BCUT2D eigenvalue weighted by Crippen LogP contribution is -2.27. The Bertz CT molecular complexity index is 1310. The van der Waals surface area contributed by atoms with Crippen LogP contribution in [-0.2, 0) is 12.0 Å². The molecule has 0 unspecified atom stereocenters. The maximum absolute atomic E-state index is 13.2. The van der Waals surface area contributed by atoms with Crippen molar-refractivity contribution < 1.29 is 9.90 Å². The Morgan fingerprint density at radius 3 is 2.16 bits per heavy atom. The van der Waals surface area contributed by atoms with Crippen LogP contribution in [0, 0.1) is 0 Å². The Morgan fingerprint density at radius 1 is 0.906 bits per heavy atom. The summed E-state index contributed by atoms with van der Waals surface area (Å²) in [5.74, 6) is -0.258. The molecule has 0 aliphatic carbocycles. The molecular weight excluding hydrogens is 402 g/mol. The van der Waals surface area contributed by atoms with Crippen LogP contribution in [0.25, 0.3) is 16.8 Å². The molecular formula is C26H25N3O3. The molecule has 6 heteroatoms. The van der Waals surface area contributed by atoms with E-state index in [-0.39, 0.29) is 16.7 Å². The molecule has 1 N–H and O–H groups in total. The minimum absolute atomic E-state index is 0.193. The summed E-state index contributed by atoms with van der Waals surface area (Å²) < 4.78 is 3.14. The second-order valence-corrected chi connectivity index (χ2v) is 8.74. The Hall–Kier alpha value is -3.93. The average Bonchev–Trinajstić information content (AvgIpc) is 3.11. The molecule has 0 fully saturated rings. The number of aromatic carboxylic acids is 1. The van der Waals surface area contributed by atoms with Gasteiger partial charge in [0.25, 0.3) is 0 Å². The van der Waals surface area contributed by atoms with Crippen LogP contribution in [0.2, 0.25) is 0 Å². The highest BCUT2D eigenvalue weighted by Crippen LogP contribution is 2.25. The minimum Gasteiger partial charge on any atom is -0.478 e. The van der Waals surface area contributed by atoms with Crippen LogP contribution >= 0.6 is 0 Å². The minimum atomic E-state index is -0.959. The molecule has 1 aromatic heterocycles. The number of rotatable bonds is 5. The Balaban J connectivity index is 1.71. The van der Waals surface area contributed by atoms with Crippen molar-refractivity contribution in [3.63, 3.8) is 0 Å². The molecule has 0 spiro atoms. The molecule has 0 bridgehead atoms. The molecule has 0 amide bonds. The molecule has 32 heavy (non-hydrogen) atoms. The monoisotopic (exact) mass is 427 g/mol. The predicted octanol–water partition coefficient (Wildman–Crippen LogP) is 4.75. The van der Waals surface area contributed by atoms with E-state index in [1.165, 1.54) is 4.68 Å². The Kier molecular flexibility index (Phi) is 5.53. The maximum Gasteiger partial charge on any atom is 0.351 e. The van der Waals surface area contributed by atoms with Gasteiger partial charge in [0.15, 0.2) is 0 Å². The summed E-state index contributed by atoms with van der Waals surface area (Å²) in [4.78, 5) is 24.8. The highest BCUT2D eigenvalue weighted by atomic mass is 16.4. The molecule has 6 nitrogen and oxygen atoms in total. The van der Waals surface area contributed by atoms with Gasteiger partial charge in [0, 0.05) is 5.41 Å². The third kappa shape index (κ3) is 4.12. The Labute approximate surface area is 186 Å². The van der Waals surface area contributed by atoms with Crippen LogP contribution in [0.3, 0.4) is 0 Å². The molecule has 0 radical (unpaired) electrons. The van der Waals surface area contributed by atoms with Gasteiger partial charge in [0.2, 0.25) is 0 Å². The first kappa shape index (κ1) is 21.3. The quantitative estimate of drug-likeness (QED) is 0.499. The van der Waals surface area contributed by atoms with Crippen LogP contribution in [0.5, 0.6) is 0 Å². The number of hydrogen-bond donors (Lipinski definition) is 1. The van der Waals surface area contributed by atoms with Crippen LogP contribution < -0.4 is 5.69 Å². The van der Waals surface area contributed by atoms with Gasteiger partial charge in [-0.2, -0.15) is 4.68 Å². The van der Waals surface area contributed by atoms with Crippen LogP contribution in [0.15, 0.2) is 83.7 Å². The number of hydrogen-bond acceptors (Lipinski definition) is 3. The van der Waals surface area contributed by atoms with Crippen molar-refractivity contribution in [2.75, 3.05) is 0 Å². The van der Waals surface area contributed by atoms with E-state index in [0.717, 1.165) is 16.8 Å². The molecule has 0 saturated heterocycles. The molecule has 1 heterocycles. The summed E-state index contributed by atoms with van der Waals surface area (Å²) in [6.07, 6.45) is 0. The number of aromatic nitrogens is 3. The first-order chi connectivity index (χ1) is 15.3. The van der Waals surface area contributed by atoms with Crippen molar-refractivity contribution in [2.45, 2.75) is 32.7 Å². The van der Waals surface area contributed by atoms with Gasteiger partial charge < -0.3 is 5.11 Å². The van der Waals surface area contributed by atoms with Crippen LogP contribution in [0.4, 0.5) is 0 Å². The maximum atomic E-state index is 13.2. The number of benzene rings is 3. The van der Waals surface area contributed by atoms with E-state index in [1.807, 2.05) is 81.4 Å².